The largest absolute Gasteiger partial charge is 0.329 e. The fourth-order valence-electron chi connectivity index (χ4n) is 5.80. The van der Waals surface area contributed by atoms with Crippen molar-refractivity contribution in [1.82, 2.24) is 14.7 Å². The zero-order chi connectivity index (χ0) is 28.7. The van der Waals surface area contributed by atoms with Crippen molar-refractivity contribution >= 4 is 6.41 Å². The molecule has 216 valence electrons. The fourth-order valence-corrected chi connectivity index (χ4v) is 5.80. The highest BCUT2D eigenvalue weighted by molar-refractivity contribution is 5.49. The lowest BCUT2D eigenvalue weighted by atomic mass is 9.86. The van der Waals surface area contributed by atoms with E-state index in [-0.39, 0.29) is 18.4 Å². The third-order valence-electron chi connectivity index (χ3n) is 7.65. The third-order valence-corrected chi connectivity index (χ3v) is 7.65. The number of amides is 1. The van der Waals surface area contributed by atoms with Gasteiger partial charge in [0.05, 0.1) is 6.07 Å². The SMILES string of the molecule is CC.CC.CCC1CC1N(C=O)CC#N.CCCC(c1ccc(F)cc1)N1CC2CCC1CN2C[C@@H](C)N. The van der Waals surface area contributed by atoms with Crippen LogP contribution in [0.15, 0.2) is 24.3 Å². The first-order valence-electron chi connectivity index (χ1n) is 15.0. The van der Waals surface area contributed by atoms with Crippen LogP contribution in [-0.2, 0) is 4.79 Å². The van der Waals surface area contributed by atoms with E-state index in [0.29, 0.717) is 30.1 Å². The summed E-state index contributed by atoms with van der Waals surface area (Å²) in [5, 5.41) is 8.35. The lowest BCUT2D eigenvalue weighted by Gasteiger charge is -2.54. The van der Waals surface area contributed by atoms with E-state index in [1.165, 1.54) is 18.4 Å². The molecule has 2 bridgehead atoms. The van der Waals surface area contributed by atoms with Crippen molar-refractivity contribution in [3.63, 3.8) is 0 Å². The zero-order valence-corrected chi connectivity index (χ0v) is 25.1. The number of fused-ring (bicyclic) bond motifs is 3. The fraction of sp³-hybridized carbons (Fsp3) is 0.742. The summed E-state index contributed by atoms with van der Waals surface area (Å²) in [7, 11) is 0. The highest BCUT2D eigenvalue weighted by atomic mass is 19.1. The predicted molar refractivity (Wildman–Crippen MR) is 156 cm³/mol. The van der Waals surface area contributed by atoms with Crippen molar-refractivity contribution in [3.05, 3.63) is 35.6 Å². The molecule has 3 saturated heterocycles. The van der Waals surface area contributed by atoms with Gasteiger partial charge in [-0.2, -0.15) is 5.26 Å². The van der Waals surface area contributed by atoms with E-state index in [1.54, 1.807) is 17.0 Å². The van der Waals surface area contributed by atoms with Gasteiger partial charge in [0.15, 0.2) is 0 Å². The number of carbonyl (C=O) groups excluding carboxylic acids is 1. The lowest BCUT2D eigenvalue weighted by molar-refractivity contribution is -0.118. The van der Waals surface area contributed by atoms with Gasteiger partial charge in [-0.25, -0.2) is 4.39 Å². The molecule has 1 aromatic rings. The number of piperidine rings is 2. The molecule has 5 unspecified atom stereocenters. The maximum absolute atomic E-state index is 13.3. The number of nitrogens with two attached hydrogens (primary N) is 1. The standard InChI is InChI=1S/C19H30FN3.C8H12N2O.2C2H6/c1-3-4-19(15-5-7-16(20)8-6-15)23-13-17-9-10-18(23)12-22(17)11-14(2)21;1-2-7-5-8(7)10(6-11)4-3-9;2*1-2/h5-8,14,17-19H,3-4,9-13,21H2,1-2H3;6-8H,2,4-5H2,1H3;2*1-2H3/t14-,17?,18?,19?;;;/m1.../s1. The number of hydrogen-bond acceptors (Lipinski definition) is 5. The van der Waals surface area contributed by atoms with E-state index in [1.807, 2.05) is 45.9 Å². The Kier molecular flexibility index (Phi) is 16.4. The molecule has 6 nitrogen and oxygen atoms in total. The van der Waals surface area contributed by atoms with Gasteiger partial charge >= 0.3 is 0 Å². The first-order chi connectivity index (χ1) is 18.4. The number of benzene rings is 1. The number of hydrogen-bond donors (Lipinski definition) is 1. The Morgan fingerprint density at radius 1 is 1.13 bits per heavy atom. The molecule has 4 fully saturated rings. The molecular weight excluding hydrogens is 477 g/mol. The van der Waals surface area contributed by atoms with Gasteiger partial charge in [0.1, 0.15) is 12.4 Å². The summed E-state index contributed by atoms with van der Waals surface area (Å²) in [6, 6.07) is 11.4. The normalized spacial score (nSPS) is 25.2. The molecule has 0 spiro atoms. The number of piperazine rings is 1. The number of carbonyl (C=O) groups is 1. The van der Waals surface area contributed by atoms with Crippen molar-refractivity contribution < 1.29 is 9.18 Å². The van der Waals surface area contributed by atoms with Gasteiger partial charge in [-0.05, 0) is 56.2 Å². The molecule has 5 rings (SSSR count). The van der Waals surface area contributed by atoms with Gasteiger partial charge in [0, 0.05) is 49.8 Å². The quantitative estimate of drug-likeness (QED) is 0.297. The van der Waals surface area contributed by atoms with Crippen LogP contribution in [0.4, 0.5) is 4.39 Å². The Labute approximate surface area is 232 Å². The summed E-state index contributed by atoms with van der Waals surface area (Å²) >= 11 is 0. The number of rotatable bonds is 10. The lowest BCUT2D eigenvalue weighted by Crippen LogP contribution is -2.64. The first kappa shape index (κ1) is 34.0. The molecule has 0 radical (unpaired) electrons. The minimum atomic E-state index is -0.146. The van der Waals surface area contributed by atoms with Crippen LogP contribution >= 0.6 is 0 Å². The van der Waals surface area contributed by atoms with E-state index < -0.39 is 0 Å². The van der Waals surface area contributed by atoms with Crippen molar-refractivity contribution in [1.29, 1.82) is 5.26 Å². The maximum Gasteiger partial charge on any atom is 0.210 e. The first-order valence-corrected chi connectivity index (χ1v) is 15.0. The van der Waals surface area contributed by atoms with Crippen molar-refractivity contribution in [2.75, 3.05) is 26.2 Å². The average Bonchev–Trinajstić information content (AvgIpc) is 3.73. The van der Waals surface area contributed by atoms with E-state index in [2.05, 4.69) is 30.6 Å². The molecule has 38 heavy (non-hydrogen) atoms. The number of nitrogens with zero attached hydrogens (tertiary/aromatic N) is 4. The minimum Gasteiger partial charge on any atom is -0.329 e. The van der Waals surface area contributed by atoms with Crippen LogP contribution in [0.3, 0.4) is 0 Å². The van der Waals surface area contributed by atoms with Gasteiger partial charge in [0.25, 0.3) is 0 Å². The van der Waals surface area contributed by atoms with Crippen LogP contribution in [0.25, 0.3) is 0 Å². The smallest absolute Gasteiger partial charge is 0.210 e. The second-order valence-corrected chi connectivity index (χ2v) is 10.3. The molecule has 3 heterocycles. The summed E-state index contributed by atoms with van der Waals surface area (Å²) in [6.07, 6.45) is 7.83. The van der Waals surface area contributed by atoms with Gasteiger partial charge < -0.3 is 10.6 Å². The van der Waals surface area contributed by atoms with E-state index in [0.717, 1.165) is 51.7 Å². The predicted octanol–water partition coefficient (Wildman–Crippen LogP) is 5.98. The summed E-state index contributed by atoms with van der Waals surface area (Å²) in [5.41, 5.74) is 7.28. The molecular formula is C31H54FN5O. The zero-order valence-electron chi connectivity index (χ0n) is 25.1. The molecule has 6 atom stereocenters. The minimum absolute atomic E-state index is 0.146. The van der Waals surface area contributed by atoms with Crippen LogP contribution in [0, 0.1) is 23.1 Å². The Balaban J connectivity index is 0.000000405. The molecule has 0 aromatic heterocycles. The van der Waals surface area contributed by atoms with Crippen molar-refractivity contribution in [2.45, 2.75) is 117 Å². The molecule has 2 N–H and O–H groups in total. The second kappa shape index (κ2) is 18.3. The van der Waals surface area contributed by atoms with Crippen molar-refractivity contribution in [3.8, 4) is 6.07 Å². The van der Waals surface area contributed by atoms with Gasteiger partial charge in [-0.3, -0.25) is 14.6 Å². The molecule has 1 saturated carbocycles. The van der Waals surface area contributed by atoms with Crippen LogP contribution < -0.4 is 5.73 Å². The second-order valence-electron chi connectivity index (χ2n) is 10.3. The van der Waals surface area contributed by atoms with Crippen LogP contribution in [0.1, 0.15) is 98.6 Å². The maximum atomic E-state index is 13.3. The summed E-state index contributed by atoms with van der Waals surface area (Å²) in [6.45, 7) is 17.9. The molecule has 1 aliphatic carbocycles. The molecule has 7 heteroatoms. The van der Waals surface area contributed by atoms with E-state index in [4.69, 9.17) is 11.0 Å². The topological polar surface area (TPSA) is 76.6 Å². The number of halogens is 1. The third kappa shape index (κ3) is 9.94. The molecule has 1 amide bonds. The van der Waals surface area contributed by atoms with Gasteiger partial charge in [-0.15, -0.1) is 0 Å². The van der Waals surface area contributed by atoms with E-state index >= 15 is 0 Å². The average molecular weight is 532 g/mol. The Morgan fingerprint density at radius 3 is 2.21 bits per heavy atom. The van der Waals surface area contributed by atoms with Gasteiger partial charge in [0.2, 0.25) is 6.41 Å². The molecule has 4 aliphatic rings. The summed E-state index contributed by atoms with van der Waals surface area (Å²) in [4.78, 5) is 17.3. The monoisotopic (exact) mass is 531 g/mol. The number of nitriles is 1. The molecule has 1 aromatic carbocycles. The van der Waals surface area contributed by atoms with Gasteiger partial charge in [-0.1, -0.05) is 66.5 Å². The highest BCUT2D eigenvalue weighted by Crippen LogP contribution is 2.38. The summed E-state index contributed by atoms with van der Waals surface area (Å²) < 4.78 is 13.3. The van der Waals surface area contributed by atoms with Crippen molar-refractivity contribution in [2.24, 2.45) is 11.7 Å². The van der Waals surface area contributed by atoms with E-state index in [9.17, 15) is 9.18 Å². The highest BCUT2D eigenvalue weighted by Gasteiger charge is 2.42. The Bertz CT molecular complexity index is 811. The Morgan fingerprint density at radius 2 is 1.76 bits per heavy atom. The molecule has 3 aliphatic heterocycles. The Hall–Kier alpha value is -2.01. The van der Waals surface area contributed by atoms with Crippen LogP contribution in [0.5, 0.6) is 0 Å². The van der Waals surface area contributed by atoms with Crippen LogP contribution in [-0.4, -0.2) is 71.5 Å². The summed E-state index contributed by atoms with van der Waals surface area (Å²) in [5.74, 6) is 0.501. The van der Waals surface area contributed by atoms with Crippen LogP contribution in [0.2, 0.25) is 0 Å².